The van der Waals surface area contributed by atoms with Gasteiger partial charge in [0.05, 0.1) is 5.69 Å². The highest BCUT2D eigenvalue weighted by molar-refractivity contribution is 6.07. The first-order valence-electron chi connectivity index (χ1n) is 13.3. The molecule has 0 N–H and O–H groups in total. The van der Waals surface area contributed by atoms with E-state index in [1.165, 1.54) is 27.8 Å². The molecular weight excluding hydrogens is 438 g/mol. The largest absolute Gasteiger partial charge is 0.456 e. The van der Waals surface area contributed by atoms with Gasteiger partial charge in [0.2, 0.25) is 0 Å². The Bertz CT molecular complexity index is 1510. The molecule has 0 aliphatic heterocycles. The van der Waals surface area contributed by atoms with Gasteiger partial charge in [-0.25, -0.2) is 0 Å². The molecule has 5 aromatic rings. The van der Waals surface area contributed by atoms with Crippen LogP contribution in [0.2, 0.25) is 0 Å². The number of benzene rings is 3. The van der Waals surface area contributed by atoms with E-state index >= 15 is 0 Å². The molecule has 1 atom stereocenters. The van der Waals surface area contributed by atoms with Gasteiger partial charge in [-0.1, -0.05) is 78.8 Å². The molecule has 36 heavy (non-hydrogen) atoms. The lowest BCUT2D eigenvalue weighted by molar-refractivity contribution is 0.535. The summed E-state index contributed by atoms with van der Waals surface area (Å²) in [5, 5.41) is 2.31. The van der Waals surface area contributed by atoms with Crippen LogP contribution in [0.3, 0.4) is 0 Å². The molecule has 0 saturated heterocycles. The molecule has 0 saturated carbocycles. The summed E-state index contributed by atoms with van der Waals surface area (Å²) in [6.45, 7) is 15.9. The monoisotopic (exact) mass is 475 g/mol. The number of fused-ring (bicyclic) bond motifs is 3. The van der Waals surface area contributed by atoms with Crippen molar-refractivity contribution in [3.05, 3.63) is 89.6 Å². The molecular formula is C34H37NO. The Kier molecular flexibility index (Phi) is 6.47. The molecule has 2 aromatic heterocycles. The van der Waals surface area contributed by atoms with E-state index in [1.807, 2.05) is 6.20 Å². The van der Waals surface area contributed by atoms with Gasteiger partial charge >= 0.3 is 0 Å². The Balaban J connectivity index is 1.62. The van der Waals surface area contributed by atoms with Crippen LogP contribution < -0.4 is 0 Å². The van der Waals surface area contributed by atoms with Crippen LogP contribution >= 0.6 is 0 Å². The van der Waals surface area contributed by atoms with Crippen LogP contribution in [0.1, 0.15) is 82.9 Å². The minimum Gasteiger partial charge on any atom is -0.456 e. The van der Waals surface area contributed by atoms with Gasteiger partial charge in [-0.05, 0) is 87.9 Å². The third-order valence-electron chi connectivity index (χ3n) is 7.74. The zero-order valence-electron chi connectivity index (χ0n) is 22.6. The van der Waals surface area contributed by atoms with Crippen LogP contribution in [0, 0.1) is 5.92 Å². The van der Waals surface area contributed by atoms with Crippen molar-refractivity contribution < 1.29 is 4.42 Å². The number of furan rings is 1. The Morgan fingerprint density at radius 1 is 0.639 bits per heavy atom. The van der Waals surface area contributed by atoms with Crippen molar-refractivity contribution in [1.82, 2.24) is 4.98 Å². The minimum absolute atomic E-state index is 0.458. The molecule has 3 aromatic carbocycles. The van der Waals surface area contributed by atoms with E-state index in [0.717, 1.165) is 33.2 Å². The minimum atomic E-state index is 0.458. The predicted octanol–water partition coefficient (Wildman–Crippen LogP) is 10.3. The molecule has 0 amide bonds. The molecule has 0 radical (unpaired) electrons. The van der Waals surface area contributed by atoms with Crippen LogP contribution in [0.15, 0.2) is 77.3 Å². The van der Waals surface area contributed by atoms with Gasteiger partial charge in [-0.15, -0.1) is 0 Å². The average Bonchev–Trinajstić information content (AvgIpc) is 3.24. The summed E-state index contributed by atoms with van der Waals surface area (Å²) in [6.07, 6.45) is 1.93. The first-order chi connectivity index (χ1) is 17.2. The Hall–Kier alpha value is -3.39. The second kappa shape index (κ2) is 9.58. The second-order valence-electron chi connectivity index (χ2n) is 11.2. The quantitative estimate of drug-likeness (QED) is 0.244. The third kappa shape index (κ3) is 4.34. The molecule has 0 spiro atoms. The molecule has 2 heterocycles. The zero-order chi connectivity index (χ0) is 25.6. The van der Waals surface area contributed by atoms with Crippen molar-refractivity contribution in [3.8, 4) is 22.4 Å². The number of hydrogen-bond donors (Lipinski definition) is 0. The lowest BCUT2D eigenvalue weighted by atomic mass is 9.85. The van der Waals surface area contributed by atoms with Crippen molar-refractivity contribution >= 4 is 21.9 Å². The van der Waals surface area contributed by atoms with Crippen LogP contribution in [0.4, 0.5) is 0 Å². The zero-order valence-corrected chi connectivity index (χ0v) is 22.6. The molecule has 0 fully saturated rings. The Morgan fingerprint density at radius 2 is 1.33 bits per heavy atom. The maximum absolute atomic E-state index is 6.35. The summed E-state index contributed by atoms with van der Waals surface area (Å²) < 4.78 is 6.35. The number of nitrogens with zero attached hydrogens (tertiary/aromatic N) is 1. The van der Waals surface area contributed by atoms with Gasteiger partial charge in [0.1, 0.15) is 11.2 Å². The van der Waals surface area contributed by atoms with E-state index in [2.05, 4.69) is 120 Å². The predicted molar refractivity (Wildman–Crippen MR) is 154 cm³/mol. The third-order valence-corrected chi connectivity index (χ3v) is 7.74. The van der Waals surface area contributed by atoms with Gasteiger partial charge in [0.15, 0.2) is 0 Å². The van der Waals surface area contributed by atoms with E-state index < -0.39 is 0 Å². The maximum Gasteiger partial charge on any atom is 0.136 e. The highest BCUT2D eigenvalue weighted by Crippen LogP contribution is 2.40. The summed E-state index contributed by atoms with van der Waals surface area (Å²) in [4.78, 5) is 4.68. The number of hydrogen-bond acceptors (Lipinski definition) is 2. The van der Waals surface area contributed by atoms with Crippen LogP contribution in [-0.2, 0) is 0 Å². The maximum atomic E-state index is 6.35. The number of aromatic nitrogens is 1. The van der Waals surface area contributed by atoms with Crippen molar-refractivity contribution in [3.63, 3.8) is 0 Å². The normalized spacial score (nSPS) is 12.9. The fourth-order valence-electron chi connectivity index (χ4n) is 5.25. The molecule has 0 bridgehead atoms. The van der Waals surface area contributed by atoms with Gasteiger partial charge in [0.25, 0.3) is 0 Å². The summed E-state index contributed by atoms with van der Waals surface area (Å²) in [7, 11) is 0. The van der Waals surface area contributed by atoms with Crippen molar-refractivity contribution in [2.75, 3.05) is 0 Å². The highest BCUT2D eigenvalue weighted by atomic mass is 16.3. The lowest BCUT2D eigenvalue weighted by Crippen LogP contribution is -2.02. The van der Waals surface area contributed by atoms with Crippen LogP contribution in [0.25, 0.3) is 44.3 Å². The van der Waals surface area contributed by atoms with Crippen LogP contribution in [-0.4, -0.2) is 4.98 Å². The molecule has 184 valence electrons. The standard InChI is InChI=1S/C34H37NO/c1-20(2)23(7)24-15-16-35-31(18-24)25-11-13-29-30-17-26(12-14-32(30)36-33(29)19-25)34-27(21(3)4)9-8-10-28(34)22(5)6/h8-23H,1-7H3. The molecule has 2 heteroatoms. The lowest BCUT2D eigenvalue weighted by Gasteiger charge is -2.20. The van der Waals surface area contributed by atoms with E-state index in [4.69, 9.17) is 4.42 Å². The van der Waals surface area contributed by atoms with E-state index in [9.17, 15) is 0 Å². The smallest absolute Gasteiger partial charge is 0.136 e. The number of rotatable bonds is 6. The van der Waals surface area contributed by atoms with Crippen molar-refractivity contribution in [2.45, 2.75) is 66.2 Å². The Morgan fingerprint density at radius 3 is 2.00 bits per heavy atom. The van der Waals surface area contributed by atoms with Gasteiger partial charge in [-0.3, -0.25) is 4.98 Å². The van der Waals surface area contributed by atoms with Gasteiger partial charge in [0, 0.05) is 22.5 Å². The average molecular weight is 476 g/mol. The van der Waals surface area contributed by atoms with E-state index in [0.29, 0.717) is 23.7 Å². The molecule has 0 aliphatic rings. The van der Waals surface area contributed by atoms with E-state index in [-0.39, 0.29) is 0 Å². The highest BCUT2D eigenvalue weighted by Gasteiger charge is 2.18. The fraction of sp³-hybridized carbons (Fsp3) is 0.324. The summed E-state index contributed by atoms with van der Waals surface area (Å²) >= 11 is 0. The second-order valence-corrected chi connectivity index (χ2v) is 11.2. The van der Waals surface area contributed by atoms with E-state index in [1.54, 1.807) is 0 Å². The first-order valence-corrected chi connectivity index (χ1v) is 13.3. The van der Waals surface area contributed by atoms with Crippen molar-refractivity contribution in [1.29, 1.82) is 0 Å². The summed E-state index contributed by atoms with van der Waals surface area (Å²) in [6, 6.07) is 24.3. The topological polar surface area (TPSA) is 26.0 Å². The summed E-state index contributed by atoms with van der Waals surface area (Å²) in [5.41, 5.74) is 10.7. The summed E-state index contributed by atoms with van der Waals surface area (Å²) in [5.74, 6) is 1.99. The number of pyridine rings is 1. The molecule has 0 aliphatic carbocycles. The van der Waals surface area contributed by atoms with Crippen molar-refractivity contribution in [2.24, 2.45) is 5.92 Å². The Labute approximate surface area is 215 Å². The van der Waals surface area contributed by atoms with Gasteiger partial charge in [-0.2, -0.15) is 0 Å². The first kappa shape index (κ1) is 24.3. The fourth-order valence-corrected chi connectivity index (χ4v) is 5.25. The molecule has 1 unspecified atom stereocenters. The van der Waals surface area contributed by atoms with Crippen LogP contribution in [0.5, 0.6) is 0 Å². The molecule has 5 rings (SSSR count). The SMILES string of the molecule is CC(C)c1cccc(C(C)C)c1-c1ccc2oc3cc(-c4cc(C(C)C(C)C)ccn4)ccc3c2c1. The van der Waals surface area contributed by atoms with Gasteiger partial charge < -0.3 is 4.42 Å². The molecule has 2 nitrogen and oxygen atoms in total.